The number of hydrogen-bond acceptors (Lipinski definition) is 6. The van der Waals surface area contributed by atoms with Crippen LogP contribution in [0.4, 0.5) is 0 Å². The number of H-pyrrole nitrogens is 1. The SMILES string of the molecule is Cc1sc2nc(CSC(C)C(=O)N(C)Cc3ccccn3)[nH]c(=O)c2c1C. The summed E-state index contributed by atoms with van der Waals surface area (Å²) >= 11 is 3.00. The average molecular weight is 403 g/mol. The Kier molecular flexibility index (Phi) is 5.96. The molecule has 8 heteroatoms. The molecule has 27 heavy (non-hydrogen) atoms. The van der Waals surface area contributed by atoms with Gasteiger partial charge in [-0.05, 0) is 38.5 Å². The van der Waals surface area contributed by atoms with Crippen molar-refractivity contribution < 1.29 is 4.79 Å². The van der Waals surface area contributed by atoms with Gasteiger partial charge < -0.3 is 9.88 Å². The number of rotatable bonds is 6. The molecule has 1 N–H and O–H groups in total. The molecule has 1 atom stereocenters. The highest BCUT2D eigenvalue weighted by Gasteiger charge is 2.19. The van der Waals surface area contributed by atoms with Gasteiger partial charge in [-0.3, -0.25) is 14.6 Å². The summed E-state index contributed by atoms with van der Waals surface area (Å²) in [6, 6.07) is 5.66. The number of aromatic nitrogens is 3. The molecule has 1 amide bonds. The van der Waals surface area contributed by atoms with Gasteiger partial charge in [0.1, 0.15) is 10.7 Å². The zero-order valence-corrected chi connectivity index (χ0v) is 17.4. The fourth-order valence-electron chi connectivity index (χ4n) is 2.77. The lowest BCUT2D eigenvalue weighted by atomic mass is 10.2. The minimum Gasteiger partial charge on any atom is -0.339 e. The van der Waals surface area contributed by atoms with Gasteiger partial charge in [0.25, 0.3) is 5.56 Å². The van der Waals surface area contributed by atoms with E-state index in [1.165, 1.54) is 23.1 Å². The van der Waals surface area contributed by atoms with Crippen molar-refractivity contribution in [3.05, 3.63) is 56.7 Å². The largest absolute Gasteiger partial charge is 0.339 e. The number of hydrogen-bond donors (Lipinski definition) is 1. The van der Waals surface area contributed by atoms with Crippen LogP contribution in [0.5, 0.6) is 0 Å². The van der Waals surface area contributed by atoms with E-state index in [4.69, 9.17) is 0 Å². The second kappa shape index (κ2) is 8.22. The number of amides is 1. The fourth-order valence-corrected chi connectivity index (χ4v) is 4.68. The molecule has 142 valence electrons. The van der Waals surface area contributed by atoms with E-state index in [9.17, 15) is 9.59 Å². The molecule has 0 saturated carbocycles. The third-order valence-electron chi connectivity index (χ3n) is 4.41. The summed E-state index contributed by atoms with van der Waals surface area (Å²) < 4.78 is 0. The molecule has 3 rings (SSSR count). The molecule has 0 aliphatic carbocycles. The topological polar surface area (TPSA) is 79.0 Å². The second-order valence-electron chi connectivity index (χ2n) is 6.44. The number of carbonyl (C=O) groups excluding carboxylic acids is 1. The second-order valence-corrected chi connectivity index (χ2v) is 8.98. The summed E-state index contributed by atoms with van der Waals surface area (Å²) in [5, 5.41) is 0.428. The molecule has 3 aromatic rings. The van der Waals surface area contributed by atoms with Crippen LogP contribution in [0.25, 0.3) is 10.2 Å². The van der Waals surface area contributed by atoms with Gasteiger partial charge in [0, 0.05) is 18.1 Å². The molecule has 0 radical (unpaired) electrons. The van der Waals surface area contributed by atoms with Gasteiger partial charge >= 0.3 is 0 Å². The van der Waals surface area contributed by atoms with E-state index in [-0.39, 0.29) is 16.7 Å². The smallest absolute Gasteiger partial charge is 0.259 e. The van der Waals surface area contributed by atoms with E-state index in [2.05, 4.69) is 15.0 Å². The van der Waals surface area contributed by atoms with Crippen LogP contribution in [0.2, 0.25) is 0 Å². The predicted molar refractivity (Wildman–Crippen MR) is 111 cm³/mol. The third kappa shape index (κ3) is 4.39. The summed E-state index contributed by atoms with van der Waals surface area (Å²) in [6.07, 6.45) is 1.72. The van der Waals surface area contributed by atoms with Crippen LogP contribution in [0.15, 0.2) is 29.2 Å². The first-order chi connectivity index (χ1) is 12.9. The molecular weight excluding hydrogens is 380 g/mol. The molecule has 3 heterocycles. The molecule has 0 bridgehead atoms. The minimum absolute atomic E-state index is 0.0249. The maximum absolute atomic E-state index is 12.6. The Morgan fingerprint density at radius 3 is 2.85 bits per heavy atom. The molecule has 0 fully saturated rings. The lowest BCUT2D eigenvalue weighted by Gasteiger charge is -2.20. The van der Waals surface area contributed by atoms with Crippen molar-refractivity contribution in [3.63, 3.8) is 0 Å². The van der Waals surface area contributed by atoms with E-state index >= 15 is 0 Å². The van der Waals surface area contributed by atoms with Gasteiger partial charge in [0.15, 0.2) is 0 Å². The lowest BCUT2D eigenvalue weighted by Crippen LogP contribution is -2.33. The maximum atomic E-state index is 12.6. The van der Waals surface area contributed by atoms with Crippen molar-refractivity contribution in [2.45, 2.75) is 38.3 Å². The number of fused-ring (bicyclic) bond motifs is 1. The van der Waals surface area contributed by atoms with Crippen LogP contribution in [-0.4, -0.2) is 38.1 Å². The molecule has 6 nitrogen and oxygen atoms in total. The first-order valence-corrected chi connectivity index (χ1v) is 10.5. The van der Waals surface area contributed by atoms with E-state index < -0.39 is 0 Å². The number of nitrogens with zero attached hydrogens (tertiary/aromatic N) is 3. The van der Waals surface area contributed by atoms with Gasteiger partial charge in [0.2, 0.25) is 5.91 Å². The zero-order valence-electron chi connectivity index (χ0n) is 15.8. The fraction of sp³-hybridized carbons (Fsp3) is 0.368. The zero-order chi connectivity index (χ0) is 19.6. The molecule has 0 saturated heterocycles. The highest BCUT2D eigenvalue weighted by molar-refractivity contribution is 7.99. The van der Waals surface area contributed by atoms with E-state index in [0.717, 1.165) is 21.0 Å². The molecule has 1 unspecified atom stereocenters. The van der Waals surface area contributed by atoms with Gasteiger partial charge in [-0.15, -0.1) is 23.1 Å². The van der Waals surface area contributed by atoms with Crippen LogP contribution >= 0.6 is 23.1 Å². The number of carbonyl (C=O) groups is 1. The number of thiophene rings is 1. The molecule has 0 aliphatic rings. The Morgan fingerprint density at radius 2 is 2.15 bits per heavy atom. The van der Waals surface area contributed by atoms with Crippen molar-refractivity contribution in [3.8, 4) is 0 Å². The number of aromatic amines is 1. The van der Waals surface area contributed by atoms with Gasteiger partial charge in [-0.2, -0.15) is 0 Å². The highest BCUT2D eigenvalue weighted by Crippen LogP contribution is 2.26. The predicted octanol–water partition coefficient (Wildman–Crippen LogP) is 3.28. The average Bonchev–Trinajstić information content (AvgIpc) is 2.94. The molecule has 0 aromatic carbocycles. The molecule has 3 aromatic heterocycles. The van der Waals surface area contributed by atoms with Crippen LogP contribution in [0.1, 0.15) is 28.9 Å². The Balaban J connectivity index is 1.64. The van der Waals surface area contributed by atoms with Gasteiger partial charge in [0.05, 0.1) is 28.6 Å². The lowest BCUT2D eigenvalue weighted by molar-refractivity contribution is -0.129. The van der Waals surface area contributed by atoms with Gasteiger partial charge in [-0.1, -0.05) is 6.07 Å². The number of pyridine rings is 1. The van der Waals surface area contributed by atoms with Gasteiger partial charge in [-0.25, -0.2) is 4.98 Å². The van der Waals surface area contributed by atoms with Crippen LogP contribution in [0.3, 0.4) is 0 Å². The molecule has 0 spiro atoms. The Bertz CT molecular complexity index is 1010. The van der Waals surface area contributed by atoms with E-state index in [0.29, 0.717) is 23.5 Å². The molecule has 0 aliphatic heterocycles. The number of nitrogens with one attached hydrogen (secondary N) is 1. The van der Waals surface area contributed by atoms with E-state index in [1.54, 1.807) is 18.1 Å². The Labute approximate surface area is 166 Å². The first-order valence-electron chi connectivity index (χ1n) is 8.62. The number of aryl methyl sites for hydroxylation is 2. The van der Waals surface area contributed by atoms with Crippen LogP contribution < -0.4 is 5.56 Å². The van der Waals surface area contributed by atoms with Crippen molar-refractivity contribution >= 4 is 39.2 Å². The first kappa shape index (κ1) is 19.6. The quantitative estimate of drug-likeness (QED) is 0.684. The maximum Gasteiger partial charge on any atom is 0.259 e. The third-order valence-corrected chi connectivity index (χ3v) is 6.65. The monoisotopic (exact) mass is 402 g/mol. The standard InChI is InChI=1S/C19H22N4O2S2/c1-11-12(2)27-18-16(11)17(24)21-15(22-18)10-26-13(3)19(25)23(4)9-14-7-5-6-8-20-14/h5-8,13H,9-10H2,1-4H3,(H,21,22,24). The van der Waals surface area contributed by atoms with Crippen LogP contribution in [0, 0.1) is 13.8 Å². The Hall–Kier alpha value is -2.19. The van der Waals surface area contributed by atoms with Crippen molar-refractivity contribution in [2.24, 2.45) is 0 Å². The summed E-state index contributed by atoms with van der Waals surface area (Å²) in [6.45, 7) is 6.28. The van der Waals surface area contributed by atoms with Crippen molar-refractivity contribution in [1.82, 2.24) is 19.9 Å². The highest BCUT2D eigenvalue weighted by atomic mass is 32.2. The van der Waals surface area contributed by atoms with Crippen molar-refractivity contribution in [2.75, 3.05) is 7.05 Å². The summed E-state index contributed by atoms with van der Waals surface area (Å²) in [4.78, 5) is 40.1. The normalized spacial score (nSPS) is 12.3. The summed E-state index contributed by atoms with van der Waals surface area (Å²) in [5.74, 6) is 1.11. The number of thioether (sulfide) groups is 1. The molecular formula is C19H22N4O2S2. The minimum atomic E-state index is -0.244. The van der Waals surface area contributed by atoms with Crippen LogP contribution in [-0.2, 0) is 17.1 Å². The summed E-state index contributed by atoms with van der Waals surface area (Å²) in [7, 11) is 1.78. The Morgan fingerprint density at radius 1 is 1.37 bits per heavy atom. The van der Waals surface area contributed by atoms with E-state index in [1.807, 2.05) is 39.0 Å². The summed E-state index contributed by atoms with van der Waals surface area (Å²) in [5.41, 5.74) is 1.73. The van der Waals surface area contributed by atoms with Crippen molar-refractivity contribution in [1.29, 1.82) is 0 Å².